The van der Waals surface area contributed by atoms with Gasteiger partial charge in [-0.05, 0) is 51.2 Å². The number of hydrogen-bond acceptors (Lipinski definition) is 3. The van der Waals surface area contributed by atoms with Gasteiger partial charge in [-0.3, -0.25) is 0 Å². The second-order valence-electron chi connectivity index (χ2n) is 6.66. The Hall–Kier alpha value is -1.22. The van der Waals surface area contributed by atoms with E-state index < -0.39 is 0 Å². The zero-order chi connectivity index (χ0) is 14.9. The highest BCUT2D eigenvalue weighted by atomic mass is 16.5. The fourth-order valence-electron chi connectivity index (χ4n) is 3.61. The molecule has 1 saturated heterocycles. The van der Waals surface area contributed by atoms with E-state index in [9.17, 15) is 0 Å². The lowest BCUT2D eigenvalue weighted by Gasteiger charge is -2.48. The van der Waals surface area contributed by atoms with Crippen LogP contribution in [0.5, 0.6) is 5.75 Å². The van der Waals surface area contributed by atoms with E-state index >= 15 is 0 Å². The van der Waals surface area contributed by atoms with Crippen molar-refractivity contribution in [2.75, 3.05) is 24.6 Å². The van der Waals surface area contributed by atoms with Crippen molar-refractivity contribution in [2.24, 2.45) is 5.92 Å². The average Bonchev–Trinajstić information content (AvgIpc) is 3.33. The summed E-state index contributed by atoms with van der Waals surface area (Å²) in [6, 6.07) is 9.06. The standard InChI is InChI=1S/C18H28N2O/c1-4-15-12-19-18(3,14-10-11-14)13-20(15)16-8-6-7-9-17(16)21-5-2/h6-9,14-15,19H,4-5,10-13H2,1-3H3. The Morgan fingerprint density at radius 2 is 2.05 bits per heavy atom. The van der Waals surface area contributed by atoms with E-state index in [0.717, 1.165) is 37.8 Å². The number of piperazine rings is 1. The van der Waals surface area contributed by atoms with Crippen LogP contribution in [-0.2, 0) is 0 Å². The third kappa shape index (κ3) is 2.89. The highest BCUT2D eigenvalue weighted by molar-refractivity contribution is 5.60. The van der Waals surface area contributed by atoms with Gasteiger partial charge in [-0.15, -0.1) is 0 Å². The van der Waals surface area contributed by atoms with Crippen LogP contribution in [0.2, 0.25) is 0 Å². The number of benzene rings is 1. The minimum atomic E-state index is 0.255. The highest BCUT2D eigenvalue weighted by Gasteiger charge is 2.46. The number of nitrogens with one attached hydrogen (secondary N) is 1. The first-order chi connectivity index (χ1) is 10.2. The first kappa shape index (κ1) is 14.7. The third-order valence-electron chi connectivity index (χ3n) is 5.11. The average molecular weight is 288 g/mol. The molecule has 3 rings (SSSR count). The molecule has 1 aromatic rings. The van der Waals surface area contributed by atoms with E-state index in [0.29, 0.717) is 6.04 Å². The second-order valence-corrected chi connectivity index (χ2v) is 6.66. The minimum absolute atomic E-state index is 0.255. The number of para-hydroxylation sites is 2. The van der Waals surface area contributed by atoms with Gasteiger partial charge in [-0.1, -0.05) is 19.1 Å². The molecule has 1 aromatic carbocycles. The molecule has 116 valence electrons. The van der Waals surface area contributed by atoms with Gasteiger partial charge in [-0.25, -0.2) is 0 Å². The van der Waals surface area contributed by atoms with Crippen molar-refractivity contribution in [1.82, 2.24) is 5.32 Å². The molecular weight excluding hydrogens is 260 g/mol. The molecule has 1 N–H and O–H groups in total. The van der Waals surface area contributed by atoms with Gasteiger partial charge in [0.05, 0.1) is 12.3 Å². The van der Waals surface area contributed by atoms with Crippen LogP contribution in [0.3, 0.4) is 0 Å². The maximum Gasteiger partial charge on any atom is 0.142 e. The lowest BCUT2D eigenvalue weighted by molar-refractivity contribution is 0.250. The number of ether oxygens (including phenoxy) is 1. The van der Waals surface area contributed by atoms with Gasteiger partial charge < -0.3 is 15.0 Å². The van der Waals surface area contributed by atoms with Crippen molar-refractivity contribution in [3.8, 4) is 5.75 Å². The molecule has 21 heavy (non-hydrogen) atoms. The van der Waals surface area contributed by atoms with E-state index in [1.165, 1.54) is 18.5 Å². The normalized spacial score (nSPS) is 29.5. The quantitative estimate of drug-likeness (QED) is 0.898. The molecule has 1 saturated carbocycles. The monoisotopic (exact) mass is 288 g/mol. The van der Waals surface area contributed by atoms with Crippen LogP contribution in [-0.4, -0.2) is 31.3 Å². The van der Waals surface area contributed by atoms with Gasteiger partial charge in [-0.2, -0.15) is 0 Å². The fourth-order valence-corrected chi connectivity index (χ4v) is 3.61. The Morgan fingerprint density at radius 3 is 2.71 bits per heavy atom. The summed E-state index contributed by atoms with van der Waals surface area (Å²) in [5, 5.41) is 3.83. The summed E-state index contributed by atoms with van der Waals surface area (Å²) in [7, 11) is 0. The van der Waals surface area contributed by atoms with Crippen molar-refractivity contribution >= 4 is 5.69 Å². The van der Waals surface area contributed by atoms with Crippen molar-refractivity contribution in [2.45, 2.75) is 51.6 Å². The molecule has 2 atom stereocenters. The summed E-state index contributed by atoms with van der Waals surface area (Å²) in [4.78, 5) is 2.58. The first-order valence-corrected chi connectivity index (χ1v) is 8.41. The molecule has 2 aliphatic rings. The molecule has 0 amide bonds. The zero-order valence-corrected chi connectivity index (χ0v) is 13.6. The Labute approximate surface area is 128 Å². The predicted molar refractivity (Wildman–Crippen MR) is 88.2 cm³/mol. The van der Waals surface area contributed by atoms with Gasteiger partial charge in [0, 0.05) is 24.7 Å². The summed E-state index contributed by atoms with van der Waals surface area (Å²) in [5.41, 5.74) is 1.52. The van der Waals surface area contributed by atoms with Gasteiger partial charge in [0.15, 0.2) is 0 Å². The molecule has 0 radical (unpaired) electrons. The molecule has 0 bridgehead atoms. The number of hydrogen-bond donors (Lipinski definition) is 1. The largest absolute Gasteiger partial charge is 0.492 e. The van der Waals surface area contributed by atoms with Crippen molar-refractivity contribution in [1.29, 1.82) is 0 Å². The number of rotatable bonds is 5. The van der Waals surface area contributed by atoms with Crippen LogP contribution in [0.15, 0.2) is 24.3 Å². The van der Waals surface area contributed by atoms with Crippen LogP contribution in [0.1, 0.15) is 40.0 Å². The van der Waals surface area contributed by atoms with E-state index in [4.69, 9.17) is 4.74 Å². The molecule has 1 heterocycles. The summed E-state index contributed by atoms with van der Waals surface area (Å²) < 4.78 is 5.87. The van der Waals surface area contributed by atoms with Crippen molar-refractivity contribution < 1.29 is 4.74 Å². The summed E-state index contributed by atoms with van der Waals surface area (Å²) in [6.45, 7) is 9.61. The zero-order valence-electron chi connectivity index (χ0n) is 13.6. The SMILES string of the molecule is CCOc1ccccc1N1CC(C)(C2CC2)NCC1CC. The highest BCUT2D eigenvalue weighted by Crippen LogP contribution is 2.43. The van der Waals surface area contributed by atoms with Gasteiger partial charge in [0.25, 0.3) is 0 Å². The molecule has 2 fully saturated rings. The number of anilines is 1. The lowest BCUT2D eigenvalue weighted by Crippen LogP contribution is -2.64. The lowest BCUT2D eigenvalue weighted by atomic mass is 9.90. The number of nitrogens with zero attached hydrogens (tertiary/aromatic N) is 1. The summed E-state index contributed by atoms with van der Waals surface area (Å²) in [5.74, 6) is 1.87. The Balaban J connectivity index is 1.89. The molecule has 3 heteroatoms. The Kier molecular flexibility index (Phi) is 4.12. The van der Waals surface area contributed by atoms with Crippen LogP contribution in [0.25, 0.3) is 0 Å². The molecule has 0 aromatic heterocycles. The second kappa shape index (κ2) is 5.88. The van der Waals surface area contributed by atoms with Gasteiger partial charge in [0.2, 0.25) is 0 Å². The maximum atomic E-state index is 5.87. The Morgan fingerprint density at radius 1 is 1.29 bits per heavy atom. The summed E-state index contributed by atoms with van der Waals surface area (Å²) in [6.07, 6.45) is 3.91. The molecule has 0 spiro atoms. The van der Waals surface area contributed by atoms with Gasteiger partial charge in [0.1, 0.15) is 5.75 Å². The van der Waals surface area contributed by atoms with Crippen LogP contribution >= 0.6 is 0 Å². The topological polar surface area (TPSA) is 24.5 Å². The fraction of sp³-hybridized carbons (Fsp3) is 0.667. The van der Waals surface area contributed by atoms with Crippen molar-refractivity contribution in [3.63, 3.8) is 0 Å². The van der Waals surface area contributed by atoms with Gasteiger partial charge >= 0.3 is 0 Å². The minimum Gasteiger partial charge on any atom is -0.492 e. The first-order valence-electron chi connectivity index (χ1n) is 8.41. The molecule has 1 aliphatic carbocycles. The van der Waals surface area contributed by atoms with E-state index in [-0.39, 0.29) is 5.54 Å². The van der Waals surface area contributed by atoms with E-state index in [2.05, 4.69) is 55.3 Å². The van der Waals surface area contributed by atoms with E-state index in [1.807, 2.05) is 0 Å². The Bertz CT molecular complexity index is 486. The molecular formula is C18H28N2O. The van der Waals surface area contributed by atoms with Crippen LogP contribution in [0.4, 0.5) is 5.69 Å². The maximum absolute atomic E-state index is 5.87. The predicted octanol–water partition coefficient (Wildman–Crippen LogP) is 3.44. The summed E-state index contributed by atoms with van der Waals surface area (Å²) >= 11 is 0. The van der Waals surface area contributed by atoms with E-state index in [1.54, 1.807) is 0 Å². The molecule has 1 aliphatic heterocycles. The molecule has 3 nitrogen and oxygen atoms in total. The van der Waals surface area contributed by atoms with Crippen LogP contribution < -0.4 is 15.0 Å². The van der Waals surface area contributed by atoms with Crippen LogP contribution in [0, 0.1) is 5.92 Å². The smallest absolute Gasteiger partial charge is 0.142 e. The molecule has 2 unspecified atom stereocenters. The van der Waals surface area contributed by atoms with Crippen molar-refractivity contribution in [3.05, 3.63) is 24.3 Å². The third-order valence-corrected chi connectivity index (χ3v) is 5.11.